The minimum absolute atomic E-state index is 0.00221. The van der Waals surface area contributed by atoms with Crippen molar-refractivity contribution in [2.24, 2.45) is 13.0 Å². The molecule has 0 radical (unpaired) electrons. The second kappa shape index (κ2) is 7.44. The van der Waals surface area contributed by atoms with Gasteiger partial charge in [0.25, 0.3) is 5.91 Å². The second-order valence-electron chi connectivity index (χ2n) is 8.82. The maximum absolute atomic E-state index is 13.5. The highest BCUT2D eigenvalue weighted by Crippen LogP contribution is 2.50. The molecule has 2 heterocycles. The van der Waals surface area contributed by atoms with Gasteiger partial charge in [-0.25, -0.2) is 0 Å². The van der Waals surface area contributed by atoms with Gasteiger partial charge in [-0.15, -0.1) is 10.2 Å². The number of alkyl halides is 3. The van der Waals surface area contributed by atoms with Gasteiger partial charge in [0.05, 0.1) is 18.2 Å². The lowest BCUT2D eigenvalue weighted by Gasteiger charge is -2.45. The molecular formula is C24H20F3N5O. The minimum atomic E-state index is -4.53. The number of anilines is 1. The molecule has 0 bridgehead atoms. The summed E-state index contributed by atoms with van der Waals surface area (Å²) in [6, 6.07) is 13.4. The SMILES string of the molecule is Cn1cnnc1CC1(c2cccc(N3Cc4c(cccc4C(F)(F)F)C3=O)c2)CC(C#N)C1. The second-order valence-corrected chi connectivity index (χ2v) is 8.82. The van der Waals surface area contributed by atoms with Crippen molar-refractivity contribution < 1.29 is 18.0 Å². The fourth-order valence-electron chi connectivity index (χ4n) is 5.04. The number of rotatable bonds is 4. The van der Waals surface area contributed by atoms with E-state index in [4.69, 9.17) is 0 Å². The number of carbonyl (C=O) groups is 1. The molecule has 0 atom stereocenters. The number of amides is 1. The summed E-state index contributed by atoms with van der Waals surface area (Å²) in [5.74, 6) is 0.268. The Balaban J connectivity index is 1.50. The van der Waals surface area contributed by atoms with E-state index in [1.807, 2.05) is 29.8 Å². The van der Waals surface area contributed by atoms with Gasteiger partial charge in [-0.05, 0) is 48.2 Å². The van der Waals surface area contributed by atoms with Crippen molar-refractivity contribution >= 4 is 11.6 Å². The molecule has 1 amide bonds. The van der Waals surface area contributed by atoms with Crippen molar-refractivity contribution in [1.82, 2.24) is 14.8 Å². The molecule has 9 heteroatoms. The van der Waals surface area contributed by atoms with Crippen LogP contribution in [0.3, 0.4) is 0 Å². The lowest BCUT2D eigenvalue weighted by Crippen LogP contribution is -2.43. The van der Waals surface area contributed by atoms with Crippen LogP contribution in [0.2, 0.25) is 0 Å². The number of carbonyl (C=O) groups excluding carboxylic acids is 1. The largest absolute Gasteiger partial charge is 0.416 e. The van der Waals surface area contributed by atoms with Crippen LogP contribution >= 0.6 is 0 Å². The maximum atomic E-state index is 13.5. The Morgan fingerprint density at radius 2 is 1.97 bits per heavy atom. The van der Waals surface area contributed by atoms with Crippen LogP contribution in [0.15, 0.2) is 48.8 Å². The lowest BCUT2D eigenvalue weighted by molar-refractivity contribution is -0.138. The Morgan fingerprint density at radius 1 is 1.21 bits per heavy atom. The van der Waals surface area contributed by atoms with Gasteiger partial charge in [0.2, 0.25) is 0 Å². The molecule has 0 unspecified atom stereocenters. The molecule has 1 saturated carbocycles. The highest BCUT2D eigenvalue weighted by atomic mass is 19.4. The Bertz CT molecular complexity index is 1280. The third kappa shape index (κ3) is 3.46. The maximum Gasteiger partial charge on any atom is 0.416 e. The normalized spacial score (nSPS) is 22.1. The van der Waals surface area contributed by atoms with E-state index in [0.717, 1.165) is 17.5 Å². The summed E-state index contributed by atoms with van der Waals surface area (Å²) in [6.45, 7) is -0.135. The fraction of sp³-hybridized carbons (Fsp3) is 0.333. The summed E-state index contributed by atoms with van der Waals surface area (Å²) in [5, 5.41) is 17.5. The Hall–Kier alpha value is -3.67. The molecule has 168 valence electrons. The van der Waals surface area contributed by atoms with Gasteiger partial charge in [-0.1, -0.05) is 18.2 Å². The van der Waals surface area contributed by atoms with Crippen molar-refractivity contribution in [3.8, 4) is 6.07 Å². The third-order valence-corrected chi connectivity index (χ3v) is 6.80. The first-order valence-corrected chi connectivity index (χ1v) is 10.6. The molecule has 6 nitrogen and oxygen atoms in total. The molecule has 1 aliphatic carbocycles. The predicted molar refractivity (Wildman–Crippen MR) is 113 cm³/mol. The molecular weight excluding hydrogens is 431 g/mol. The van der Waals surface area contributed by atoms with Crippen molar-refractivity contribution in [3.63, 3.8) is 0 Å². The summed E-state index contributed by atoms with van der Waals surface area (Å²) in [4.78, 5) is 14.4. The number of aryl methyl sites for hydroxylation is 1. The molecule has 1 aliphatic heterocycles. The average molecular weight is 451 g/mol. The van der Waals surface area contributed by atoms with Gasteiger partial charge < -0.3 is 9.47 Å². The van der Waals surface area contributed by atoms with Crippen molar-refractivity contribution in [1.29, 1.82) is 5.26 Å². The van der Waals surface area contributed by atoms with Gasteiger partial charge in [0, 0.05) is 36.1 Å². The number of hydrogen-bond donors (Lipinski definition) is 0. The Morgan fingerprint density at radius 3 is 2.64 bits per heavy atom. The summed E-state index contributed by atoms with van der Waals surface area (Å²) in [7, 11) is 1.86. The first-order chi connectivity index (χ1) is 15.7. The van der Waals surface area contributed by atoms with Gasteiger partial charge in [-0.3, -0.25) is 4.79 Å². The van der Waals surface area contributed by atoms with Gasteiger partial charge >= 0.3 is 6.18 Å². The first-order valence-electron chi connectivity index (χ1n) is 10.6. The minimum Gasteiger partial charge on any atom is -0.321 e. The highest BCUT2D eigenvalue weighted by Gasteiger charge is 2.47. The first kappa shape index (κ1) is 21.2. The van der Waals surface area contributed by atoms with Gasteiger partial charge in [0.15, 0.2) is 0 Å². The number of nitrogens with zero attached hydrogens (tertiary/aromatic N) is 5. The summed E-state index contributed by atoms with van der Waals surface area (Å²) < 4.78 is 42.3. The monoisotopic (exact) mass is 451 g/mol. The Kier molecular flexibility index (Phi) is 4.78. The van der Waals surface area contributed by atoms with Crippen molar-refractivity contribution in [3.05, 3.63) is 76.9 Å². The molecule has 0 spiro atoms. The van der Waals surface area contributed by atoms with Crippen LogP contribution in [0.25, 0.3) is 0 Å². The van der Waals surface area contributed by atoms with E-state index >= 15 is 0 Å². The molecule has 1 fully saturated rings. The van der Waals surface area contributed by atoms with E-state index in [9.17, 15) is 23.2 Å². The number of halogens is 3. The molecule has 33 heavy (non-hydrogen) atoms. The van der Waals surface area contributed by atoms with Crippen molar-refractivity contribution in [2.45, 2.75) is 37.4 Å². The van der Waals surface area contributed by atoms with Gasteiger partial charge in [-0.2, -0.15) is 18.4 Å². The quantitative estimate of drug-likeness (QED) is 0.589. The summed E-state index contributed by atoms with van der Waals surface area (Å²) in [5.41, 5.74) is 0.444. The summed E-state index contributed by atoms with van der Waals surface area (Å²) >= 11 is 0. The van der Waals surface area contributed by atoms with E-state index < -0.39 is 17.6 Å². The smallest absolute Gasteiger partial charge is 0.321 e. The molecule has 5 rings (SSSR count). The number of fused-ring (bicyclic) bond motifs is 1. The highest BCUT2D eigenvalue weighted by molar-refractivity contribution is 6.10. The number of aromatic nitrogens is 3. The molecule has 0 saturated heterocycles. The molecule has 1 aromatic heterocycles. The van der Waals surface area contributed by atoms with Crippen LogP contribution in [0.5, 0.6) is 0 Å². The van der Waals surface area contributed by atoms with Crippen LogP contribution in [-0.2, 0) is 31.6 Å². The molecule has 2 aliphatic rings. The fourth-order valence-corrected chi connectivity index (χ4v) is 5.04. The van der Waals surface area contributed by atoms with E-state index in [-0.39, 0.29) is 29.0 Å². The van der Waals surface area contributed by atoms with Crippen LogP contribution in [0.4, 0.5) is 18.9 Å². The summed E-state index contributed by atoms with van der Waals surface area (Å²) in [6.07, 6.45) is -1.03. The zero-order chi connectivity index (χ0) is 23.4. The van der Waals surface area contributed by atoms with E-state index in [1.54, 1.807) is 12.4 Å². The Labute approximate surface area is 188 Å². The molecule has 0 N–H and O–H groups in total. The number of benzene rings is 2. The van der Waals surface area contributed by atoms with Crippen LogP contribution in [-0.4, -0.2) is 20.7 Å². The van der Waals surface area contributed by atoms with Crippen LogP contribution < -0.4 is 4.90 Å². The lowest BCUT2D eigenvalue weighted by atomic mass is 9.57. The van der Waals surface area contributed by atoms with E-state index in [2.05, 4.69) is 16.3 Å². The standard InChI is InChI=1S/C24H20F3N5O/c1-31-14-29-30-21(31)11-23(9-15(10-23)12-28)16-4-2-5-17(8-16)32-13-19-18(22(32)33)6-3-7-20(19)24(25,26)27/h2-8,14-15H,9-11,13H2,1H3. The number of hydrogen-bond acceptors (Lipinski definition) is 4. The van der Waals surface area contributed by atoms with E-state index in [0.29, 0.717) is 24.9 Å². The molecule has 3 aromatic rings. The van der Waals surface area contributed by atoms with Crippen LogP contribution in [0, 0.1) is 17.2 Å². The molecule has 2 aromatic carbocycles. The third-order valence-electron chi connectivity index (χ3n) is 6.80. The number of nitriles is 1. The van der Waals surface area contributed by atoms with Crippen LogP contribution in [0.1, 0.15) is 45.7 Å². The van der Waals surface area contributed by atoms with Crippen molar-refractivity contribution in [2.75, 3.05) is 4.90 Å². The zero-order valence-electron chi connectivity index (χ0n) is 17.8. The van der Waals surface area contributed by atoms with E-state index in [1.165, 1.54) is 17.0 Å². The average Bonchev–Trinajstić information content (AvgIpc) is 3.32. The van der Waals surface area contributed by atoms with Gasteiger partial charge in [0.1, 0.15) is 12.2 Å². The topological polar surface area (TPSA) is 74.8 Å². The zero-order valence-corrected chi connectivity index (χ0v) is 17.8. The predicted octanol–water partition coefficient (Wildman–Crippen LogP) is 4.41.